The number of aromatic hydroxyl groups is 1. The quantitative estimate of drug-likeness (QED) is 0.0348. The number of hydrogen-bond donors (Lipinski definition) is 15. The molecule has 0 saturated carbocycles. The maximum absolute atomic E-state index is 14.7. The normalized spacial score (nSPS) is 26.5. The average molecular weight is 1270 g/mol. The highest BCUT2D eigenvalue weighted by atomic mass is 32.3. The Kier molecular flexibility index (Phi) is 22.6. The van der Waals surface area contributed by atoms with Crippen LogP contribution < -0.4 is 35.9 Å². The number of aromatic nitrogens is 1. The van der Waals surface area contributed by atoms with Gasteiger partial charge >= 0.3 is 10.4 Å². The zero-order chi connectivity index (χ0) is 65.3. The smallest absolute Gasteiger partial charge is 0.446 e. The van der Waals surface area contributed by atoms with Crippen molar-refractivity contribution in [1.29, 1.82) is 0 Å². The lowest BCUT2D eigenvalue weighted by atomic mass is 9.93. The van der Waals surface area contributed by atoms with Crippen LogP contribution in [-0.2, 0) is 44.0 Å². The molecule has 4 heterocycles. The van der Waals surface area contributed by atoms with Gasteiger partial charge in [0.15, 0.2) is 23.0 Å². The van der Waals surface area contributed by atoms with Crippen LogP contribution in [0.1, 0.15) is 87.7 Å². The van der Waals surface area contributed by atoms with Gasteiger partial charge in [-0.15, -0.1) is 0 Å². The average Bonchev–Trinajstić information content (AvgIpc) is 2.76. The van der Waals surface area contributed by atoms with E-state index in [1.165, 1.54) is 31.2 Å². The largest absolute Gasteiger partial charge is 0.504 e. The van der Waals surface area contributed by atoms with Gasteiger partial charge in [0.05, 0.1) is 49.7 Å². The van der Waals surface area contributed by atoms with Gasteiger partial charge in [0.2, 0.25) is 35.4 Å². The number of ketones is 1. The fraction of sp³-hybridized carbons (Fsp3) is 0.491. The second kappa shape index (κ2) is 29.4. The number of carbonyl (C=O) groups is 8. The highest BCUT2D eigenvalue weighted by molar-refractivity contribution is 7.81. The molecule has 0 aliphatic carbocycles. The number of aliphatic hydroxyl groups excluding tert-OH is 8. The molecule has 7 rings (SSSR count). The van der Waals surface area contributed by atoms with Crippen LogP contribution >= 0.6 is 0 Å². The standard InChI is InChI=1S/C57H72N8O23S/c1-4-5-6-17-86-33-14-11-29(12-15-33)42-21-34(63-87-42)28-7-9-30(10-8-28)52(77)59-35-20-38(69)39(70)22-41(72)48-49(74)26(2)24-65(48)57(82)46(40(71)23-44(58)73)61-55(80)47(51(76)50(75)31-13-16-37(68)43(18-31)88-89(83,84)85)62-54(79)36-19-32(67)25-64(36)56(81)45(27(3)66)60-53(35)78/h7-16,18,21,26-27,32,35-36,38-40,45-51,66-71,74-76H,4-6,17,19-20,22-25H2,1-3H3,(H2,58,73)(H,59,77)(H,60,78)(H,61,80)(H,62,79)(H,83,84,85)/t26-,27+,32+,35+,36-,38+,39-,40+,45-,46-,47-,48+,49-,50-,51-/m1/s1. The van der Waals surface area contributed by atoms with Crippen molar-refractivity contribution in [3.05, 3.63) is 83.9 Å². The van der Waals surface area contributed by atoms with Crippen LogP contribution in [0.5, 0.6) is 17.2 Å². The van der Waals surface area contributed by atoms with Crippen molar-refractivity contribution >= 4 is 57.5 Å². The molecule has 3 aromatic carbocycles. The van der Waals surface area contributed by atoms with Crippen LogP contribution in [0.3, 0.4) is 0 Å². The molecule has 0 bridgehead atoms. The van der Waals surface area contributed by atoms with Crippen LogP contribution in [0, 0.1) is 5.92 Å². The number of nitrogens with two attached hydrogens (primary N) is 1. The third-order valence-corrected chi connectivity index (χ3v) is 15.8. The molecule has 3 aliphatic rings. The van der Waals surface area contributed by atoms with Crippen molar-refractivity contribution in [3.8, 4) is 39.8 Å². The highest BCUT2D eigenvalue weighted by Gasteiger charge is 2.50. The van der Waals surface area contributed by atoms with Gasteiger partial charge in [-0.3, -0.25) is 42.9 Å². The zero-order valence-electron chi connectivity index (χ0n) is 48.3. The number of ether oxygens (including phenoxy) is 1. The molecule has 7 amide bonds. The Morgan fingerprint density at radius 2 is 1.44 bits per heavy atom. The lowest BCUT2D eigenvalue weighted by Crippen LogP contribution is -2.64. The molecule has 0 spiro atoms. The SMILES string of the molecule is CCCCCOc1ccc(-c2cc(-c3ccc(C(=O)N[C@H]4C[C@H](O)[C@H](O)CC(=O)[C@H]5[C@H](O)[C@H](C)CN5C(=O)[C@@H]([C@@H](O)CC(N)=O)NC(=O)[C@@H]([C@@H](O)[C@H](O)c5ccc(O)c(OS(=O)(=O)O)c5)NC(=O)[C@H]5C[C@H](O)CN5C(=O)[C@@H]([C@H](C)O)NC4=O)cc3)no2)cc1. The zero-order valence-corrected chi connectivity index (χ0v) is 49.1. The molecule has 89 heavy (non-hydrogen) atoms. The molecular formula is C57H72N8O23S. The minimum Gasteiger partial charge on any atom is -0.504 e. The highest BCUT2D eigenvalue weighted by Crippen LogP contribution is 2.34. The van der Waals surface area contributed by atoms with Gasteiger partial charge in [-0.05, 0) is 67.4 Å². The second-order valence-electron chi connectivity index (χ2n) is 22.2. The maximum Gasteiger partial charge on any atom is 0.446 e. The molecule has 484 valence electrons. The number of nitrogens with zero attached hydrogens (tertiary/aromatic N) is 3. The lowest BCUT2D eigenvalue weighted by Gasteiger charge is -2.34. The number of nitrogens with one attached hydrogen (secondary N) is 4. The number of benzene rings is 3. The van der Waals surface area contributed by atoms with E-state index in [1.54, 1.807) is 30.3 Å². The molecule has 3 fully saturated rings. The molecule has 31 nitrogen and oxygen atoms in total. The summed E-state index contributed by atoms with van der Waals surface area (Å²) < 4.78 is 48.1. The molecule has 15 atom stereocenters. The number of carbonyl (C=O) groups excluding carboxylic acids is 8. The summed E-state index contributed by atoms with van der Waals surface area (Å²) in [6.07, 6.45) is -17.8. The van der Waals surface area contributed by atoms with Crippen molar-refractivity contribution in [2.24, 2.45) is 11.7 Å². The van der Waals surface area contributed by atoms with Gasteiger partial charge in [-0.2, -0.15) is 8.42 Å². The van der Waals surface area contributed by atoms with Gasteiger partial charge < -0.3 is 96.2 Å². The number of fused-ring (bicyclic) bond motifs is 2. The summed E-state index contributed by atoms with van der Waals surface area (Å²) in [6, 6.07) is 3.82. The molecule has 3 saturated heterocycles. The topological polar surface area (TPSA) is 498 Å². The summed E-state index contributed by atoms with van der Waals surface area (Å²) in [5.41, 5.74) is 6.22. The first-order chi connectivity index (χ1) is 42.0. The summed E-state index contributed by atoms with van der Waals surface area (Å²) in [7, 11) is -5.35. The maximum atomic E-state index is 14.7. The molecule has 0 radical (unpaired) electrons. The summed E-state index contributed by atoms with van der Waals surface area (Å²) in [6.45, 7) is 3.83. The van der Waals surface area contributed by atoms with E-state index in [1.807, 2.05) is 0 Å². The third-order valence-electron chi connectivity index (χ3n) is 15.4. The number of rotatable bonds is 18. The monoisotopic (exact) mass is 1270 g/mol. The summed E-state index contributed by atoms with van der Waals surface area (Å²) in [4.78, 5) is 115. The van der Waals surface area contributed by atoms with Crippen LogP contribution in [0.25, 0.3) is 22.6 Å². The van der Waals surface area contributed by atoms with Crippen molar-refractivity contribution in [1.82, 2.24) is 36.2 Å². The number of primary amides is 1. The fourth-order valence-electron chi connectivity index (χ4n) is 10.6. The van der Waals surface area contributed by atoms with Gasteiger partial charge in [-0.25, -0.2) is 0 Å². The molecule has 32 heteroatoms. The summed E-state index contributed by atoms with van der Waals surface area (Å²) in [5.74, 6) is -12.4. The third kappa shape index (κ3) is 17.0. The number of hydrogen-bond acceptors (Lipinski definition) is 23. The van der Waals surface area contributed by atoms with Crippen LogP contribution in [0.15, 0.2) is 77.3 Å². The number of aliphatic hydroxyl groups is 8. The summed E-state index contributed by atoms with van der Waals surface area (Å²) >= 11 is 0. The lowest BCUT2D eigenvalue weighted by molar-refractivity contribution is -0.148. The van der Waals surface area contributed by atoms with E-state index >= 15 is 0 Å². The molecule has 1 aromatic heterocycles. The Morgan fingerprint density at radius 3 is 2.08 bits per heavy atom. The van der Waals surface area contributed by atoms with Gasteiger partial charge in [0, 0.05) is 61.0 Å². The minimum absolute atomic E-state index is 0.0910. The number of amides is 7. The van der Waals surface area contributed by atoms with E-state index in [2.05, 4.69) is 37.5 Å². The molecule has 16 N–H and O–H groups in total. The van der Waals surface area contributed by atoms with E-state index in [4.69, 9.17) is 15.0 Å². The predicted octanol–water partition coefficient (Wildman–Crippen LogP) is -3.02. The van der Waals surface area contributed by atoms with E-state index < -0.39 is 204 Å². The van der Waals surface area contributed by atoms with Crippen molar-refractivity contribution in [3.63, 3.8) is 0 Å². The van der Waals surface area contributed by atoms with Gasteiger partial charge in [0.25, 0.3) is 5.91 Å². The van der Waals surface area contributed by atoms with E-state index in [-0.39, 0.29) is 5.56 Å². The molecule has 3 aliphatic heterocycles. The van der Waals surface area contributed by atoms with Gasteiger partial charge in [0.1, 0.15) is 59.9 Å². The first kappa shape index (κ1) is 68.3. The fourth-order valence-corrected chi connectivity index (χ4v) is 10.9. The van der Waals surface area contributed by atoms with Crippen LogP contribution in [0.2, 0.25) is 0 Å². The van der Waals surface area contributed by atoms with Crippen molar-refractivity contribution in [2.45, 2.75) is 151 Å². The van der Waals surface area contributed by atoms with Crippen molar-refractivity contribution < 1.29 is 111 Å². The van der Waals surface area contributed by atoms with Crippen molar-refractivity contribution in [2.75, 3.05) is 19.7 Å². The van der Waals surface area contributed by atoms with E-state index in [0.717, 1.165) is 38.3 Å². The molecule has 4 aromatic rings. The van der Waals surface area contributed by atoms with E-state index in [0.29, 0.717) is 50.8 Å². The first-order valence-electron chi connectivity index (χ1n) is 28.3. The predicted molar refractivity (Wildman–Crippen MR) is 305 cm³/mol. The van der Waals surface area contributed by atoms with E-state index in [9.17, 15) is 97.3 Å². The Balaban J connectivity index is 1.22. The Morgan fingerprint density at radius 1 is 0.798 bits per heavy atom. The minimum atomic E-state index is -5.35. The second-order valence-corrected chi connectivity index (χ2v) is 23.2. The Bertz CT molecular complexity index is 3330. The molecular weight excluding hydrogens is 1200 g/mol. The number of Topliss-reactive ketones (excluding diaryl/α,β-unsaturated/α-hetero) is 1. The van der Waals surface area contributed by atoms with Crippen LogP contribution in [0.4, 0.5) is 0 Å². The number of phenols is 1. The first-order valence-corrected chi connectivity index (χ1v) is 29.7. The molecule has 0 unspecified atom stereocenters. The number of unbranched alkanes of at least 4 members (excludes halogenated alkanes) is 2. The number of phenolic OH excluding ortho intramolecular Hbond substituents is 1. The summed E-state index contributed by atoms with van der Waals surface area (Å²) in [5, 5.41) is 115. The Hall–Kier alpha value is -8.18. The van der Waals surface area contributed by atoms with Crippen LogP contribution in [-0.4, -0.2) is 220 Å². The van der Waals surface area contributed by atoms with Gasteiger partial charge in [-0.1, -0.05) is 50.0 Å². The Labute approximate surface area is 508 Å².